The molecule has 0 unspecified atom stereocenters. The van der Waals surface area contributed by atoms with Gasteiger partial charge in [0.2, 0.25) is 15.9 Å². The van der Waals surface area contributed by atoms with E-state index in [9.17, 15) is 18.0 Å². The van der Waals surface area contributed by atoms with E-state index in [0.29, 0.717) is 16.9 Å². The number of benzene rings is 2. The molecule has 0 saturated heterocycles. The number of nitrogens with two attached hydrogens (primary N) is 1. The van der Waals surface area contributed by atoms with Crippen molar-refractivity contribution in [1.82, 2.24) is 0 Å². The molecule has 2 amide bonds. The van der Waals surface area contributed by atoms with E-state index in [1.165, 1.54) is 24.3 Å². The van der Waals surface area contributed by atoms with Gasteiger partial charge in [-0.25, -0.2) is 13.6 Å². The summed E-state index contributed by atoms with van der Waals surface area (Å²) in [4.78, 5) is 24.3. The van der Waals surface area contributed by atoms with Crippen molar-refractivity contribution in [1.29, 1.82) is 0 Å². The van der Waals surface area contributed by atoms with Gasteiger partial charge < -0.3 is 10.6 Å². The average Bonchev–Trinajstić information content (AvgIpc) is 2.63. The van der Waals surface area contributed by atoms with E-state index in [1.807, 2.05) is 13.8 Å². The van der Waals surface area contributed by atoms with E-state index in [0.717, 1.165) is 12.8 Å². The van der Waals surface area contributed by atoms with Crippen LogP contribution in [0.1, 0.15) is 37.0 Å². The third-order valence-corrected chi connectivity index (χ3v) is 5.14. The van der Waals surface area contributed by atoms with Crippen LogP contribution in [0.3, 0.4) is 0 Å². The third-order valence-electron chi connectivity index (χ3n) is 4.21. The van der Waals surface area contributed by atoms with Gasteiger partial charge in [-0.2, -0.15) is 0 Å². The van der Waals surface area contributed by atoms with Crippen molar-refractivity contribution in [3.63, 3.8) is 0 Å². The second kappa shape index (κ2) is 8.79. The first-order chi connectivity index (χ1) is 12.7. The Morgan fingerprint density at radius 1 is 0.889 bits per heavy atom. The number of carbonyl (C=O) groups is 2. The van der Waals surface area contributed by atoms with Gasteiger partial charge in [0, 0.05) is 22.9 Å². The molecular weight excluding hydrogens is 366 g/mol. The van der Waals surface area contributed by atoms with Crippen LogP contribution >= 0.6 is 0 Å². The molecule has 0 radical (unpaired) electrons. The molecule has 0 atom stereocenters. The monoisotopic (exact) mass is 389 g/mol. The van der Waals surface area contributed by atoms with E-state index >= 15 is 0 Å². The molecule has 0 spiro atoms. The Hall–Kier alpha value is -2.71. The number of hydrogen-bond acceptors (Lipinski definition) is 4. The summed E-state index contributed by atoms with van der Waals surface area (Å²) >= 11 is 0. The lowest BCUT2D eigenvalue weighted by Crippen LogP contribution is -2.21. The first kappa shape index (κ1) is 20.6. The summed E-state index contributed by atoms with van der Waals surface area (Å²) in [7, 11) is -3.77. The van der Waals surface area contributed by atoms with Gasteiger partial charge in [-0.1, -0.05) is 13.8 Å². The van der Waals surface area contributed by atoms with Crippen LogP contribution < -0.4 is 15.8 Å². The molecule has 8 heteroatoms. The third kappa shape index (κ3) is 5.63. The number of amides is 2. The van der Waals surface area contributed by atoms with Gasteiger partial charge in [-0.05, 0) is 61.4 Å². The predicted octanol–water partition coefficient (Wildman–Crippen LogP) is 2.96. The molecule has 2 aromatic carbocycles. The van der Waals surface area contributed by atoms with Crippen LogP contribution in [0.5, 0.6) is 0 Å². The molecule has 0 aliphatic rings. The molecule has 2 rings (SSSR count). The maximum absolute atomic E-state index is 12.3. The zero-order valence-electron chi connectivity index (χ0n) is 15.2. The summed E-state index contributed by atoms with van der Waals surface area (Å²) in [5.41, 5.74) is 1.48. The second-order valence-corrected chi connectivity index (χ2v) is 7.66. The molecule has 0 fully saturated rings. The van der Waals surface area contributed by atoms with E-state index in [4.69, 9.17) is 5.14 Å². The number of rotatable bonds is 7. The fraction of sp³-hybridized carbons (Fsp3) is 0.263. The van der Waals surface area contributed by atoms with Gasteiger partial charge in [0.25, 0.3) is 5.91 Å². The Kier molecular flexibility index (Phi) is 6.70. The molecule has 0 saturated carbocycles. The molecule has 0 bridgehead atoms. The molecule has 4 N–H and O–H groups in total. The highest BCUT2D eigenvalue weighted by molar-refractivity contribution is 7.89. The first-order valence-corrected chi connectivity index (χ1v) is 10.1. The standard InChI is InChI=1S/C19H23N3O4S/c1-3-13(4-2)18(23)21-15-7-5-14(6-8-15)19(24)22-16-9-11-17(12-10-16)27(20,25)26/h5-13H,3-4H2,1-2H3,(H,21,23)(H,22,24)(H2,20,25,26). The topological polar surface area (TPSA) is 118 Å². The number of carbonyl (C=O) groups excluding carboxylic acids is 2. The number of hydrogen-bond donors (Lipinski definition) is 3. The molecular formula is C19H23N3O4S. The fourth-order valence-corrected chi connectivity index (χ4v) is 3.06. The summed E-state index contributed by atoms with van der Waals surface area (Å²) in [5.74, 6) is -0.420. The van der Waals surface area contributed by atoms with Crippen LogP contribution in [0.25, 0.3) is 0 Å². The zero-order valence-corrected chi connectivity index (χ0v) is 16.0. The lowest BCUT2D eigenvalue weighted by Gasteiger charge is -2.13. The van der Waals surface area contributed by atoms with Crippen LogP contribution in [0.4, 0.5) is 11.4 Å². The molecule has 144 valence electrons. The van der Waals surface area contributed by atoms with Crippen LogP contribution in [0, 0.1) is 5.92 Å². The van der Waals surface area contributed by atoms with Gasteiger partial charge in [0.1, 0.15) is 0 Å². The molecule has 0 aromatic heterocycles. The molecule has 2 aromatic rings. The Balaban J connectivity index is 2.02. The maximum atomic E-state index is 12.3. The van der Waals surface area contributed by atoms with Crippen LogP contribution in [0.2, 0.25) is 0 Å². The van der Waals surface area contributed by atoms with Gasteiger partial charge in [0.15, 0.2) is 0 Å². The van der Waals surface area contributed by atoms with Gasteiger partial charge in [-0.15, -0.1) is 0 Å². The summed E-state index contributed by atoms with van der Waals surface area (Å²) < 4.78 is 22.5. The number of anilines is 2. The van der Waals surface area contributed by atoms with Crippen molar-refractivity contribution in [2.24, 2.45) is 11.1 Å². The first-order valence-electron chi connectivity index (χ1n) is 8.59. The number of sulfonamides is 1. The van der Waals surface area contributed by atoms with Crippen molar-refractivity contribution in [2.45, 2.75) is 31.6 Å². The molecule has 0 heterocycles. The highest BCUT2D eigenvalue weighted by Crippen LogP contribution is 2.17. The lowest BCUT2D eigenvalue weighted by molar-refractivity contribution is -0.120. The van der Waals surface area contributed by atoms with Crippen LogP contribution in [-0.4, -0.2) is 20.2 Å². The van der Waals surface area contributed by atoms with E-state index in [1.54, 1.807) is 24.3 Å². The SMILES string of the molecule is CCC(CC)C(=O)Nc1ccc(C(=O)Nc2ccc(S(N)(=O)=O)cc2)cc1. The Morgan fingerprint density at radius 3 is 1.85 bits per heavy atom. The highest BCUT2D eigenvalue weighted by atomic mass is 32.2. The maximum Gasteiger partial charge on any atom is 0.255 e. The molecule has 27 heavy (non-hydrogen) atoms. The van der Waals surface area contributed by atoms with Crippen molar-refractivity contribution in [3.05, 3.63) is 54.1 Å². The zero-order chi connectivity index (χ0) is 20.0. The van der Waals surface area contributed by atoms with Crippen molar-refractivity contribution < 1.29 is 18.0 Å². The van der Waals surface area contributed by atoms with Crippen molar-refractivity contribution >= 4 is 33.2 Å². The Bertz CT molecular complexity index is 903. The summed E-state index contributed by atoms with van der Waals surface area (Å²) in [5, 5.41) is 10.6. The van der Waals surface area contributed by atoms with E-state index in [-0.39, 0.29) is 22.6 Å². The van der Waals surface area contributed by atoms with Crippen molar-refractivity contribution in [3.8, 4) is 0 Å². The number of primary sulfonamides is 1. The summed E-state index contributed by atoms with van der Waals surface area (Å²) in [6.07, 6.45) is 1.54. The van der Waals surface area contributed by atoms with Crippen molar-refractivity contribution in [2.75, 3.05) is 10.6 Å². The average molecular weight is 389 g/mol. The quantitative estimate of drug-likeness (QED) is 0.674. The van der Waals surface area contributed by atoms with Gasteiger partial charge in [-0.3, -0.25) is 9.59 Å². The fourth-order valence-electron chi connectivity index (χ4n) is 2.54. The smallest absolute Gasteiger partial charge is 0.255 e. The molecule has 0 aliphatic heterocycles. The minimum absolute atomic E-state index is 0.0296. The van der Waals surface area contributed by atoms with Gasteiger partial charge in [0.05, 0.1) is 4.90 Å². The van der Waals surface area contributed by atoms with E-state index in [2.05, 4.69) is 10.6 Å². The predicted molar refractivity (Wildman–Crippen MR) is 105 cm³/mol. The second-order valence-electron chi connectivity index (χ2n) is 6.10. The Morgan fingerprint density at radius 2 is 1.37 bits per heavy atom. The normalized spacial score (nSPS) is 11.3. The van der Waals surface area contributed by atoms with Crippen LogP contribution in [0.15, 0.2) is 53.4 Å². The minimum atomic E-state index is -3.77. The summed E-state index contributed by atoms with van der Waals surface area (Å²) in [6, 6.07) is 12.1. The highest BCUT2D eigenvalue weighted by Gasteiger charge is 2.14. The van der Waals surface area contributed by atoms with Crippen LogP contribution in [-0.2, 0) is 14.8 Å². The van der Waals surface area contributed by atoms with E-state index < -0.39 is 10.0 Å². The lowest BCUT2D eigenvalue weighted by atomic mass is 10.0. The largest absolute Gasteiger partial charge is 0.326 e. The summed E-state index contributed by atoms with van der Waals surface area (Å²) in [6.45, 7) is 3.94. The minimum Gasteiger partial charge on any atom is -0.326 e. The molecule has 0 aliphatic carbocycles. The van der Waals surface area contributed by atoms with Gasteiger partial charge >= 0.3 is 0 Å². The molecule has 7 nitrogen and oxygen atoms in total. The Labute approximate surface area is 159 Å². The number of nitrogens with one attached hydrogen (secondary N) is 2.